The molecule has 0 bridgehead atoms. The maximum Gasteiger partial charge on any atom is 0.250 e. The number of carbonyl (C=O) groups is 1. The molecule has 0 spiro atoms. The second-order valence-corrected chi connectivity index (χ2v) is 9.89. The molecule has 0 fully saturated rings. The maximum atomic E-state index is 12.8. The quantitative estimate of drug-likeness (QED) is 0.376. The van der Waals surface area contributed by atoms with Crippen LogP contribution in [0.1, 0.15) is 18.9 Å². The molecule has 10 heteroatoms. The van der Waals surface area contributed by atoms with Crippen LogP contribution in [0.4, 0.5) is 10.8 Å². The number of amides is 1. The van der Waals surface area contributed by atoms with E-state index in [0.717, 1.165) is 16.1 Å². The Bertz CT molecular complexity index is 912. The third-order valence-corrected chi connectivity index (χ3v) is 6.69. The molecule has 1 aromatic carbocycles. The Kier molecular flexibility index (Phi) is 7.40. The van der Waals surface area contributed by atoms with Crippen molar-refractivity contribution in [2.24, 2.45) is 0 Å². The number of sulfonamides is 1. The Labute approximate surface area is 167 Å². The number of hydrogen-bond donors (Lipinski definition) is 1. The number of hydrogen-bond acceptors (Lipinski definition) is 7. The molecule has 0 aliphatic heterocycles. The van der Waals surface area contributed by atoms with Crippen LogP contribution < -0.4 is 9.62 Å². The van der Waals surface area contributed by atoms with E-state index in [0.29, 0.717) is 27.3 Å². The molecule has 27 heavy (non-hydrogen) atoms. The van der Waals surface area contributed by atoms with Crippen LogP contribution in [0, 0.1) is 6.92 Å². The second-order valence-electron chi connectivity index (χ2n) is 5.78. The van der Waals surface area contributed by atoms with Crippen molar-refractivity contribution in [3.05, 3.63) is 42.5 Å². The molecule has 7 nitrogen and oxygen atoms in total. The molecule has 0 saturated heterocycles. The van der Waals surface area contributed by atoms with Crippen molar-refractivity contribution in [2.45, 2.75) is 30.6 Å². The first-order chi connectivity index (χ1) is 12.8. The average molecular weight is 427 g/mol. The van der Waals surface area contributed by atoms with Gasteiger partial charge in [-0.05, 0) is 31.0 Å². The summed E-state index contributed by atoms with van der Waals surface area (Å²) in [6.07, 6.45) is 3.16. The summed E-state index contributed by atoms with van der Waals surface area (Å²) in [6.45, 7) is 7.28. The Balaban J connectivity index is 2.26. The molecule has 1 atom stereocenters. The molecule has 2 aromatic rings. The number of benzene rings is 1. The van der Waals surface area contributed by atoms with Crippen molar-refractivity contribution in [3.63, 3.8) is 0 Å². The first-order valence-electron chi connectivity index (χ1n) is 8.20. The zero-order valence-electron chi connectivity index (χ0n) is 15.4. The van der Waals surface area contributed by atoms with Crippen LogP contribution in [0.15, 0.2) is 41.3 Å². The summed E-state index contributed by atoms with van der Waals surface area (Å²) < 4.78 is 26.7. The Morgan fingerprint density at radius 3 is 2.78 bits per heavy atom. The van der Waals surface area contributed by atoms with Gasteiger partial charge in [-0.15, -0.1) is 16.8 Å². The summed E-state index contributed by atoms with van der Waals surface area (Å²) in [5.74, 6) is 0.246. The van der Waals surface area contributed by atoms with Gasteiger partial charge in [0.1, 0.15) is 6.04 Å². The Morgan fingerprint density at radius 2 is 2.19 bits per heavy atom. The van der Waals surface area contributed by atoms with Gasteiger partial charge in [0.2, 0.25) is 21.1 Å². The molecule has 146 valence electrons. The van der Waals surface area contributed by atoms with Crippen molar-refractivity contribution in [3.8, 4) is 0 Å². The van der Waals surface area contributed by atoms with Gasteiger partial charge in [0.15, 0.2) is 4.34 Å². The van der Waals surface area contributed by atoms with Crippen LogP contribution in [0.25, 0.3) is 0 Å². The summed E-state index contributed by atoms with van der Waals surface area (Å²) in [6, 6.07) is 6.16. The second kappa shape index (κ2) is 9.34. The normalized spacial score (nSPS) is 12.4. The van der Waals surface area contributed by atoms with Gasteiger partial charge in [-0.3, -0.25) is 14.4 Å². The molecule has 0 unspecified atom stereocenters. The number of aromatic nitrogens is 2. The van der Waals surface area contributed by atoms with E-state index in [9.17, 15) is 13.2 Å². The molecule has 1 amide bonds. The van der Waals surface area contributed by atoms with Crippen LogP contribution in [0.2, 0.25) is 0 Å². The average Bonchev–Trinajstić information content (AvgIpc) is 3.03. The lowest BCUT2D eigenvalue weighted by atomic mass is 10.1. The van der Waals surface area contributed by atoms with Gasteiger partial charge in [0.25, 0.3) is 0 Å². The van der Waals surface area contributed by atoms with Crippen LogP contribution in [-0.2, 0) is 14.8 Å². The third kappa shape index (κ3) is 5.78. The number of anilines is 2. The predicted octanol–water partition coefficient (Wildman–Crippen LogP) is 3.31. The molecular weight excluding hydrogens is 404 g/mol. The summed E-state index contributed by atoms with van der Waals surface area (Å²) in [5.41, 5.74) is 1.36. The standard InChI is InChI=1S/C17H22N4O3S3/c1-5-10-25-17-20-19-16(26-17)18-15(22)14(6-2)21(27(4,23)24)13-9-7-8-12(3)11-13/h5,7-9,11,14H,1,6,10H2,2-4H3,(H,18,19,22)/t14-/m0/s1. The maximum absolute atomic E-state index is 12.8. The molecule has 0 radical (unpaired) electrons. The highest BCUT2D eigenvalue weighted by Crippen LogP contribution is 2.27. The predicted molar refractivity (Wildman–Crippen MR) is 112 cm³/mol. The zero-order valence-corrected chi connectivity index (χ0v) is 17.8. The van der Waals surface area contributed by atoms with E-state index in [1.54, 1.807) is 31.2 Å². The molecule has 0 aliphatic carbocycles. The number of rotatable bonds is 9. The number of nitrogens with zero attached hydrogens (tertiary/aromatic N) is 3. The monoisotopic (exact) mass is 426 g/mol. The van der Waals surface area contributed by atoms with Gasteiger partial charge in [0, 0.05) is 5.75 Å². The van der Waals surface area contributed by atoms with Gasteiger partial charge in [0.05, 0.1) is 11.9 Å². The minimum Gasteiger partial charge on any atom is -0.299 e. The lowest BCUT2D eigenvalue weighted by Crippen LogP contribution is -2.47. The summed E-state index contributed by atoms with van der Waals surface area (Å²) in [5, 5.41) is 11.0. The van der Waals surface area contributed by atoms with Gasteiger partial charge in [-0.2, -0.15) is 0 Å². The largest absolute Gasteiger partial charge is 0.299 e. The number of aryl methyl sites for hydroxylation is 1. The molecule has 1 aromatic heterocycles. The minimum absolute atomic E-state index is 0.309. The van der Waals surface area contributed by atoms with Crippen LogP contribution in [0.3, 0.4) is 0 Å². The van der Waals surface area contributed by atoms with Gasteiger partial charge < -0.3 is 0 Å². The number of carbonyl (C=O) groups excluding carboxylic acids is 1. The van der Waals surface area contributed by atoms with E-state index in [4.69, 9.17) is 0 Å². The Morgan fingerprint density at radius 1 is 1.44 bits per heavy atom. The van der Waals surface area contributed by atoms with E-state index in [1.165, 1.54) is 23.1 Å². The third-order valence-electron chi connectivity index (χ3n) is 3.55. The Hall–Kier alpha value is -1.91. The van der Waals surface area contributed by atoms with E-state index < -0.39 is 22.0 Å². The first-order valence-corrected chi connectivity index (χ1v) is 11.9. The van der Waals surface area contributed by atoms with Crippen LogP contribution in [-0.4, -0.2) is 42.6 Å². The van der Waals surface area contributed by atoms with Gasteiger partial charge >= 0.3 is 0 Å². The molecule has 1 N–H and O–H groups in total. The molecule has 0 aliphatic rings. The van der Waals surface area contributed by atoms with E-state index in [2.05, 4.69) is 22.1 Å². The topological polar surface area (TPSA) is 92.3 Å². The fourth-order valence-corrected chi connectivity index (χ4v) is 5.18. The van der Waals surface area contributed by atoms with E-state index >= 15 is 0 Å². The highest BCUT2D eigenvalue weighted by molar-refractivity contribution is 8.01. The van der Waals surface area contributed by atoms with E-state index in [-0.39, 0.29) is 0 Å². The summed E-state index contributed by atoms with van der Waals surface area (Å²) in [4.78, 5) is 12.8. The molecule has 1 heterocycles. The van der Waals surface area contributed by atoms with Crippen molar-refractivity contribution < 1.29 is 13.2 Å². The van der Waals surface area contributed by atoms with Crippen molar-refractivity contribution in [1.82, 2.24) is 10.2 Å². The van der Waals surface area contributed by atoms with Crippen molar-refractivity contribution in [1.29, 1.82) is 0 Å². The highest BCUT2D eigenvalue weighted by atomic mass is 32.2. The number of nitrogens with one attached hydrogen (secondary N) is 1. The van der Waals surface area contributed by atoms with Crippen LogP contribution in [0.5, 0.6) is 0 Å². The summed E-state index contributed by atoms with van der Waals surface area (Å²) in [7, 11) is -3.67. The van der Waals surface area contributed by atoms with E-state index in [1.807, 2.05) is 13.0 Å². The molecule has 0 saturated carbocycles. The fourth-order valence-electron chi connectivity index (χ4n) is 2.46. The van der Waals surface area contributed by atoms with Gasteiger partial charge in [-0.25, -0.2) is 8.42 Å². The summed E-state index contributed by atoms with van der Waals surface area (Å²) >= 11 is 2.70. The zero-order chi connectivity index (χ0) is 20.0. The fraction of sp³-hybridized carbons (Fsp3) is 0.353. The van der Waals surface area contributed by atoms with Crippen LogP contribution >= 0.6 is 23.1 Å². The van der Waals surface area contributed by atoms with Crippen molar-refractivity contribution >= 4 is 49.8 Å². The lowest BCUT2D eigenvalue weighted by molar-refractivity contribution is -0.117. The SMILES string of the molecule is C=CCSc1nnc(NC(=O)[C@H](CC)N(c2cccc(C)c2)S(C)(=O)=O)s1. The first kappa shape index (κ1) is 21.4. The highest BCUT2D eigenvalue weighted by Gasteiger charge is 2.32. The van der Waals surface area contributed by atoms with Crippen molar-refractivity contribution in [2.75, 3.05) is 21.6 Å². The van der Waals surface area contributed by atoms with Gasteiger partial charge in [-0.1, -0.05) is 48.2 Å². The minimum atomic E-state index is -3.67. The molecule has 2 rings (SSSR count). The number of thioether (sulfide) groups is 1. The smallest absolute Gasteiger partial charge is 0.250 e. The lowest BCUT2D eigenvalue weighted by Gasteiger charge is -2.30. The molecular formula is C17H22N4O3S3.